The molecule has 0 amide bonds. The zero-order chi connectivity index (χ0) is 12.1. The van der Waals surface area contributed by atoms with Crippen molar-refractivity contribution in [3.8, 4) is 5.75 Å². The Morgan fingerprint density at radius 2 is 2.25 bits per heavy atom. The van der Waals surface area contributed by atoms with Gasteiger partial charge in [0.2, 0.25) is 0 Å². The van der Waals surface area contributed by atoms with Crippen molar-refractivity contribution in [2.75, 3.05) is 4.43 Å². The maximum absolute atomic E-state index is 10.7. The molecule has 4 nitrogen and oxygen atoms in total. The van der Waals surface area contributed by atoms with E-state index in [2.05, 4.69) is 29.5 Å². The van der Waals surface area contributed by atoms with E-state index in [1.165, 1.54) is 6.07 Å². The van der Waals surface area contributed by atoms with E-state index >= 15 is 0 Å². The maximum atomic E-state index is 10.7. The van der Waals surface area contributed by atoms with Crippen molar-refractivity contribution in [2.24, 2.45) is 0 Å². The lowest BCUT2D eigenvalue weighted by Gasteiger charge is -2.14. The van der Waals surface area contributed by atoms with E-state index < -0.39 is 0 Å². The average Bonchev–Trinajstić information content (AvgIpc) is 2.30. The number of nitro benzene ring substituents is 1. The zero-order valence-corrected chi connectivity index (χ0v) is 13.0. The second-order valence-corrected chi connectivity index (χ2v) is 4.64. The SMILES string of the molecule is CCC(CI)c1cc([N+](=O)[O-])ccc1OI. The minimum absolute atomic E-state index is 0.121. The fourth-order valence-electron chi connectivity index (χ4n) is 1.45. The summed E-state index contributed by atoms with van der Waals surface area (Å²) in [5.41, 5.74) is 1.04. The molecule has 0 aliphatic carbocycles. The molecule has 0 radical (unpaired) electrons. The standard InChI is InChI=1S/C10H11I2NO3/c1-2-7(6-11)9-5-8(13(14)15)3-4-10(9)16-12/h3-5,7H,2,6H2,1H3. The molecule has 1 unspecified atom stereocenters. The van der Waals surface area contributed by atoms with Gasteiger partial charge in [0.15, 0.2) is 23.0 Å². The van der Waals surface area contributed by atoms with Crippen LogP contribution in [0.4, 0.5) is 5.69 Å². The van der Waals surface area contributed by atoms with Crippen LogP contribution in [0, 0.1) is 10.1 Å². The van der Waals surface area contributed by atoms with Gasteiger partial charge in [-0.1, -0.05) is 29.5 Å². The molecule has 0 saturated heterocycles. The number of hydrogen-bond donors (Lipinski definition) is 0. The first-order valence-electron chi connectivity index (χ1n) is 4.76. The number of non-ortho nitro benzene ring substituents is 1. The van der Waals surface area contributed by atoms with Crippen molar-refractivity contribution < 1.29 is 7.99 Å². The fraction of sp³-hybridized carbons (Fsp3) is 0.400. The van der Waals surface area contributed by atoms with E-state index in [0.717, 1.165) is 22.2 Å². The van der Waals surface area contributed by atoms with Gasteiger partial charge in [-0.05, 0) is 18.4 Å². The summed E-state index contributed by atoms with van der Waals surface area (Å²) >= 11 is 4.09. The Morgan fingerprint density at radius 1 is 1.56 bits per heavy atom. The smallest absolute Gasteiger partial charge is 0.269 e. The Bertz CT molecular complexity index is 380. The van der Waals surface area contributed by atoms with E-state index in [9.17, 15) is 10.1 Å². The summed E-state index contributed by atoms with van der Waals surface area (Å²) < 4.78 is 6.13. The Kier molecular flexibility index (Phi) is 5.73. The second-order valence-electron chi connectivity index (χ2n) is 3.32. The number of halogens is 2. The van der Waals surface area contributed by atoms with Crippen molar-refractivity contribution in [1.29, 1.82) is 0 Å². The molecule has 16 heavy (non-hydrogen) atoms. The van der Waals surface area contributed by atoms with Crippen LogP contribution < -0.4 is 3.07 Å². The van der Waals surface area contributed by atoms with Gasteiger partial charge in [0.1, 0.15) is 5.75 Å². The van der Waals surface area contributed by atoms with Crippen molar-refractivity contribution in [3.63, 3.8) is 0 Å². The highest BCUT2D eigenvalue weighted by Crippen LogP contribution is 2.34. The van der Waals surface area contributed by atoms with Gasteiger partial charge in [0.05, 0.1) is 4.92 Å². The molecule has 0 N–H and O–H groups in total. The van der Waals surface area contributed by atoms with Crippen LogP contribution in [0.15, 0.2) is 18.2 Å². The van der Waals surface area contributed by atoms with Gasteiger partial charge in [-0.15, -0.1) is 0 Å². The minimum atomic E-state index is -0.375. The van der Waals surface area contributed by atoms with Gasteiger partial charge in [-0.2, -0.15) is 0 Å². The van der Waals surface area contributed by atoms with Crippen molar-refractivity contribution in [1.82, 2.24) is 0 Å². The third kappa shape index (κ3) is 3.19. The molecule has 0 saturated carbocycles. The third-order valence-corrected chi connectivity index (χ3v) is 3.94. The highest BCUT2D eigenvalue weighted by molar-refractivity contribution is 14.1. The molecule has 1 rings (SSSR count). The summed E-state index contributed by atoms with van der Waals surface area (Å²) in [5.74, 6) is 1.01. The lowest BCUT2D eigenvalue weighted by molar-refractivity contribution is -0.384. The van der Waals surface area contributed by atoms with E-state index in [4.69, 9.17) is 3.07 Å². The van der Waals surface area contributed by atoms with E-state index in [1.807, 2.05) is 0 Å². The van der Waals surface area contributed by atoms with Crippen LogP contribution in [-0.2, 0) is 0 Å². The second kappa shape index (κ2) is 6.58. The Labute approximate surface area is 122 Å². The molecule has 0 bridgehead atoms. The predicted octanol–water partition coefficient (Wildman–Crippen LogP) is 4.25. The number of nitro groups is 1. The van der Waals surface area contributed by atoms with Crippen LogP contribution in [0.2, 0.25) is 0 Å². The molecule has 1 atom stereocenters. The molecule has 1 aromatic carbocycles. The van der Waals surface area contributed by atoms with Gasteiger partial charge < -0.3 is 3.07 Å². The molecule has 0 aliphatic rings. The number of alkyl halides is 1. The summed E-state index contributed by atoms with van der Waals surface area (Å²) in [6.45, 7) is 2.07. The molecular formula is C10H11I2NO3. The van der Waals surface area contributed by atoms with Gasteiger partial charge in [-0.25, -0.2) is 0 Å². The Hall–Kier alpha value is -0.120. The van der Waals surface area contributed by atoms with Gasteiger partial charge >= 0.3 is 0 Å². The predicted molar refractivity (Wildman–Crippen MR) is 79.7 cm³/mol. The highest BCUT2D eigenvalue weighted by atomic mass is 127. The zero-order valence-electron chi connectivity index (χ0n) is 8.65. The van der Waals surface area contributed by atoms with Crippen molar-refractivity contribution in [3.05, 3.63) is 33.9 Å². The number of nitrogens with zero attached hydrogens (tertiary/aromatic N) is 1. The molecule has 0 aromatic heterocycles. The van der Waals surface area contributed by atoms with Crippen molar-refractivity contribution >= 4 is 51.3 Å². The normalized spacial score (nSPS) is 12.2. The molecular weight excluding hydrogens is 436 g/mol. The first kappa shape index (κ1) is 13.9. The maximum Gasteiger partial charge on any atom is 0.269 e. The van der Waals surface area contributed by atoms with E-state index in [-0.39, 0.29) is 10.6 Å². The molecule has 0 heterocycles. The van der Waals surface area contributed by atoms with Gasteiger partial charge in [0.25, 0.3) is 5.69 Å². The fourth-order valence-corrected chi connectivity index (χ4v) is 2.95. The van der Waals surface area contributed by atoms with E-state index in [0.29, 0.717) is 5.92 Å². The lowest BCUT2D eigenvalue weighted by Crippen LogP contribution is -2.01. The van der Waals surface area contributed by atoms with Crippen LogP contribution in [0.25, 0.3) is 0 Å². The molecule has 1 aromatic rings. The quantitative estimate of drug-likeness (QED) is 0.294. The monoisotopic (exact) mass is 447 g/mol. The summed E-state index contributed by atoms with van der Waals surface area (Å²) in [7, 11) is 0. The van der Waals surface area contributed by atoms with Crippen LogP contribution in [-0.4, -0.2) is 9.35 Å². The molecule has 0 spiro atoms. The van der Waals surface area contributed by atoms with Gasteiger partial charge in [0, 0.05) is 22.1 Å². The lowest BCUT2D eigenvalue weighted by atomic mass is 9.97. The number of benzene rings is 1. The summed E-state index contributed by atoms with van der Waals surface area (Å²) in [6, 6.07) is 4.74. The molecule has 0 aliphatic heterocycles. The highest BCUT2D eigenvalue weighted by Gasteiger charge is 2.17. The first-order chi connectivity index (χ1) is 7.63. The number of hydrogen-bond acceptors (Lipinski definition) is 3. The van der Waals surface area contributed by atoms with Crippen LogP contribution in [0.1, 0.15) is 24.8 Å². The molecule has 88 valence electrons. The van der Waals surface area contributed by atoms with Gasteiger partial charge in [-0.3, -0.25) is 10.1 Å². The molecule has 0 fully saturated rings. The summed E-state index contributed by atoms with van der Waals surface area (Å²) in [6.07, 6.45) is 0.942. The van der Waals surface area contributed by atoms with E-state index in [1.54, 1.807) is 35.1 Å². The summed E-state index contributed by atoms with van der Waals surface area (Å²) in [4.78, 5) is 10.3. The van der Waals surface area contributed by atoms with Crippen LogP contribution >= 0.6 is 45.6 Å². The summed E-state index contributed by atoms with van der Waals surface area (Å²) in [5, 5.41) is 10.7. The van der Waals surface area contributed by atoms with Crippen molar-refractivity contribution in [2.45, 2.75) is 19.3 Å². The number of rotatable bonds is 5. The third-order valence-electron chi connectivity index (χ3n) is 2.41. The Balaban J connectivity index is 3.20. The minimum Gasteiger partial charge on any atom is -0.427 e. The molecule has 6 heteroatoms. The van der Waals surface area contributed by atoms with Crippen LogP contribution in [0.5, 0.6) is 5.75 Å². The topological polar surface area (TPSA) is 52.4 Å². The first-order valence-corrected chi connectivity index (χ1v) is 7.17. The Morgan fingerprint density at radius 3 is 2.69 bits per heavy atom. The average molecular weight is 447 g/mol. The van der Waals surface area contributed by atoms with Crippen LogP contribution in [0.3, 0.4) is 0 Å². The largest absolute Gasteiger partial charge is 0.427 e.